The second-order valence-corrected chi connectivity index (χ2v) is 6.02. The van der Waals surface area contributed by atoms with Crippen LogP contribution in [0, 0.1) is 5.92 Å². The lowest BCUT2D eigenvalue weighted by molar-refractivity contribution is 0.00705. The number of fused-ring (bicyclic) bond motifs is 1. The summed E-state index contributed by atoms with van der Waals surface area (Å²) in [6, 6.07) is 1.63. The van der Waals surface area contributed by atoms with Crippen LogP contribution in [0.15, 0.2) is 0 Å². The van der Waals surface area contributed by atoms with E-state index in [0.29, 0.717) is 0 Å². The molecule has 3 saturated heterocycles. The van der Waals surface area contributed by atoms with Gasteiger partial charge in [-0.3, -0.25) is 9.80 Å². The highest BCUT2D eigenvalue weighted by Crippen LogP contribution is 2.27. The van der Waals surface area contributed by atoms with Crippen molar-refractivity contribution in [1.82, 2.24) is 9.80 Å². The molecule has 2 unspecified atom stereocenters. The Morgan fingerprint density at radius 1 is 1.06 bits per heavy atom. The van der Waals surface area contributed by atoms with Crippen molar-refractivity contribution in [1.29, 1.82) is 0 Å². The highest BCUT2D eigenvalue weighted by Gasteiger charge is 2.34. The van der Waals surface area contributed by atoms with Crippen LogP contribution in [0.5, 0.6) is 0 Å². The van der Waals surface area contributed by atoms with E-state index in [-0.39, 0.29) is 0 Å². The van der Waals surface area contributed by atoms with Crippen LogP contribution in [-0.4, -0.2) is 61.3 Å². The Labute approximate surface area is 105 Å². The van der Waals surface area contributed by atoms with E-state index in [2.05, 4.69) is 16.7 Å². The number of nitrogens with zero attached hydrogens (tertiary/aromatic N) is 2. The molecule has 3 rings (SSSR count). The molecule has 0 aromatic rings. The van der Waals surface area contributed by atoms with Crippen molar-refractivity contribution in [3.63, 3.8) is 0 Å². The molecule has 17 heavy (non-hydrogen) atoms. The second kappa shape index (κ2) is 5.25. The third-order valence-electron chi connectivity index (χ3n) is 5.14. The average Bonchev–Trinajstić information content (AvgIpc) is 2.86. The lowest BCUT2D eigenvalue weighted by Crippen LogP contribution is -2.54. The standard InChI is InChI=1S/C14H26N2O/c1-12(13-4-9-17-10-5-13)16-8-7-15-6-2-3-14(15)11-16/h12-14H,2-11H2,1H3. The molecule has 0 aromatic heterocycles. The van der Waals surface area contributed by atoms with E-state index in [9.17, 15) is 0 Å². The molecular formula is C14H26N2O. The first-order valence-corrected chi connectivity index (χ1v) is 7.40. The van der Waals surface area contributed by atoms with Crippen molar-refractivity contribution in [3.05, 3.63) is 0 Å². The largest absolute Gasteiger partial charge is 0.381 e. The fraction of sp³-hybridized carbons (Fsp3) is 1.00. The van der Waals surface area contributed by atoms with Crippen LogP contribution >= 0.6 is 0 Å². The lowest BCUT2D eigenvalue weighted by Gasteiger charge is -2.43. The first-order valence-electron chi connectivity index (χ1n) is 7.40. The van der Waals surface area contributed by atoms with E-state index in [4.69, 9.17) is 4.74 Å². The van der Waals surface area contributed by atoms with Crippen molar-refractivity contribution in [3.8, 4) is 0 Å². The molecule has 0 bridgehead atoms. The van der Waals surface area contributed by atoms with Gasteiger partial charge in [-0.15, -0.1) is 0 Å². The number of piperazine rings is 1. The monoisotopic (exact) mass is 238 g/mol. The quantitative estimate of drug-likeness (QED) is 0.726. The first-order chi connectivity index (χ1) is 8.34. The molecule has 0 N–H and O–H groups in total. The van der Waals surface area contributed by atoms with Crippen LogP contribution in [0.1, 0.15) is 32.6 Å². The van der Waals surface area contributed by atoms with Crippen LogP contribution < -0.4 is 0 Å². The smallest absolute Gasteiger partial charge is 0.0469 e. The Kier molecular flexibility index (Phi) is 3.69. The Hall–Kier alpha value is -0.120. The van der Waals surface area contributed by atoms with Crippen molar-refractivity contribution >= 4 is 0 Å². The first kappa shape index (κ1) is 11.9. The van der Waals surface area contributed by atoms with E-state index < -0.39 is 0 Å². The topological polar surface area (TPSA) is 15.7 Å². The van der Waals surface area contributed by atoms with Crippen molar-refractivity contribution in [2.75, 3.05) is 39.4 Å². The minimum atomic E-state index is 0.765. The number of hydrogen-bond acceptors (Lipinski definition) is 3. The second-order valence-electron chi connectivity index (χ2n) is 6.02. The Balaban J connectivity index is 1.56. The maximum absolute atomic E-state index is 5.48. The lowest BCUT2D eigenvalue weighted by atomic mass is 9.91. The fourth-order valence-corrected chi connectivity index (χ4v) is 3.88. The van der Waals surface area contributed by atoms with Gasteiger partial charge in [-0.05, 0) is 45.1 Å². The molecule has 0 amide bonds. The molecule has 3 heterocycles. The normalized spacial score (nSPS) is 34.8. The summed E-state index contributed by atoms with van der Waals surface area (Å²) in [7, 11) is 0. The van der Waals surface area contributed by atoms with Gasteiger partial charge in [0, 0.05) is 44.9 Å². The summed E-state index contributed by atoms with van der Waals surface area (Å²) in [5.74, 6) is 0.872. The molecule has 0 aliphatic carbocycles. The fourth-order valence-electron chi connectivity index (χ4n) is 3.88. The van der Waals surface area contributed by atoms with E-state index in [1.165, 1.54) is 51.9 Å². The molecule has 0 saturated carbocycles. The number of ether oxygens (including phenoxy) is 1. The minimum absolute atomic E-state index is 0.765. The molecule has 3 aliphatic rings. The maximum atomic E-state index is 5.48. The zero-order valence-corrected chi connectivity index (χ0v) is 11.1. The number of hydrogen-bond donors (Lipinski definition) is 0. The molecule has 98 valence electrons. The van der Waals surface area contributed by atoms with E-state index >= 15 is 0 Å². The van der Waals surface area contributed by atoms with Crippen LogP contribution in [0.4, 0.5) is 0 Å². The third-order valence-corrected chi connectivity index (χ3v) is 5.14. The van der Waals surface area contributed by atoms with Gasteiger partial charge in [0.2, 0.25) is 0 Å². The third kappa shape index (κ3) is 2.51. The van der Waals surface area contributed by atoms with Crippen LogP contribution in [-0.2, 0) is 4.74 Å². The summed E-state index contributed by atoms with van der Waals surface area (Å²) >= 11 is 0. The molecule has 3 nitrogen and oxygen atoms in total. The summed E-state index contributed by atoms with van der Waals surface area (Å²) < 4.78 is 5.48. The summed E-state index contributed by atoms with van der Waals surface area (Å²) in [5, 5.41) is 0. The van der Waals surface area contributed by atoms with Gasteiger partial charge in [0.05, 0.1) is 0 Å². The van der Waals surface area contributed by atoms with Gasteiger partial charge < -0.3 is 4.74 Å². The van der Waals surface area contributed by atoms with Gasteiger partial charge in [-0.25, -0.2) is 0 Å². The van der Waals surface area contributed by atoms with Crippen molar-refractivity contribution in [2.45, 2.75) is 44.7 Å². The van der Waals surface area contributed by atoms with Gasteiger partial charge in [0.25, 0.3) is 0 Å². The van der Waals surface area contributed by atoms with E-state index in [1.807, 2.05) is 0 Å². The van der Waals surface area contributed by atoms with Gasteiger partial charge in [-0.1, -0.05) is 0 Å². The number of rotatable bonds is 2. The summed E-state index contributed by atoms with van der Waals surface area (Å²) in [5.41, 5.74) is 0. The van der Waals surface area contributed by atoms with Gasteiger partial charge >= 0.3 is 0 Å². The SMILES string of the molecule is CC(C1CCOCC1)N1CCN2CCCC2C1. The van der Waals surface area contributed by atoms with Crippen molar-refractivity contribution < 1.29 is 4.74 Å². The maximum Gasteiger partial charge on any atom is 0.0469 e. The van der Waals surface area contributed by atoms with Crippen molar-refractivity contribution in [2.24, 2.45) is 5.92 Å². The average molecular weight is 238 g/mol. The Morgan fingerprint density at radius 2 is 1.88 bits per heavy atom. The highest BCUT2D eigenvalue weighted by atomic mass is 16.5. The van der Waals surface area contributed by atoms with E-state index in [1.54, 1.807) is 0 Å². The van der Waals surface area contributed by atoms with Gasteiger partial charge in [-0.2, -0.15) is 0 Å². The predicted octanol–water partition coefficient (Wildman–Crippen LogP) is 1.58. The molecule has 0 radical (unpaired) electrons. The highest BCUT2D eigenvalue weighted by molar-refractivity contribution is 4.90. The Bertz CT molecular complexity index is 253. The summed E-state index contributed by atoms with van der Waals surface area (Å²) in [6.45, 7) is 9.67. The van der Waals surface area contributed by atoms with Gasteiger partial charge in [0.15, 0.2) is 0 Å². The zero-order valence-electron chi connectivity index (χ0n) is 11.1. The Morgan fingerprint density at radius 3 is 2.71 bits per heavy atom. The zero-order chi connectivity index (χ0) is 11.7. The molecule has 3 aliphatic heterocycles. The molecule has 3 fully saturated rings. The molecule has 0 aromatic carbocycles. The molecule has 2 atom stereocenters. The van der Waals surface area contributed by atoms with Crippen LogP contribution in [0.2, 0.25) is 0 Å². The van der Waals surface area contributed by atoms with Gasteiger partial charge in [0.1, 0.15) is 0 Å². The molecule has 0 spiro atoms. The summed E-state index contributed by atoms with van der Waals surface area (Å²) in [4.78, 5) is 5.45. The summed E-state index contributed by atoms with van der Waals surface area (Å²) in [6.07, 6.45) is 5.39. The van der Waals surface area contributed by atoms with Crippen LogP contribution in [0.3, 0.4) is 0 Å². The van der Waals surface area contributed by atoms with E-state index in [0.717, 1.165) is 31.2 Å². The predicted molar refractivity (Wildman–Crippen MR) is 69.2 cm³/mol. The molecular weight excluding hydrogens is 212 g/mol. The minimum Gasteiger partial charge on any atom is -0.381 e. The molecule has 3 heteroatoms. The van der Waals surface area contributed by atoms with Crippen LogP contribution in [0.25, 0.3) is 0 Å².